The zero-order chi connectivity index (χ0) is 34.3. The highest BCUT2D eigenvalue weighted by Gasteiger charge is 2.47. The molecule has 270 valence electrons. The summed E-state index contributed by atoms with van der Waals surface area (Å²) in [6.45, 7) is 4.39. The fraction of sp³-hybridized carbons (Fsp3) is 0.703. The third-order valence-corrected chi connectivity index (χ3v) is 11.5. The molecule has 4 fully saturated rings. The van der Waals surface area contributed by atoms with Gasteiger partial charge in [-0.3, -0.25) is 14.5 Å². The Morgan fingerprint density at radius 2 is 1.76 bits per heavy atom. The molecule has 0 spiro atoms. The van der Waals surface area contributed by atoms with Gasteiger partial charge in [-0.1, -0.05) is 0 Å². The third-order valence-electron chi connectivity index (χ3n) is 11.5. The molecule has 0 unspecified atom stereocenters. The largest absolute Gasteiger partial charge is 0.460 e. The summed E-state index contributed by atoms with van der Waals surface area (Å²) < 4.78 is 35.5. The minimum atomic E-state index is -0.578. The molecule has 1 aromatic heterocycles. The molecule has 1 aromatic carbocycles. The topological polar surface area (TPSA) is 137 Å². The zero-order valence-electron chi connectivity index (χ0n) is 28.8. The van der Waals surface area contributed by atoms with Crippen molar-refractivity contribution < 1.29 is 37.4 Å². The van der Waals surface area contributed by atoms with Crippen molar-refractivity contribution in [2.45, 2.75) is 82.4 Å². The number of ether oxygens (including phenoxy) is 3. The second kappa shape index (κ2) is 16.8. The average molecular weight is 685 g/mol. The molecule has 6 rings (SSSR count). The van der Waals surface area contributed by atoms with E-state index in [4.69, 9.17) is 24.4 Å². The number of nitrogens with two attached hydrogens (primary N) is 1. The van der Waals surface area contributed by atoms with E-state index in [2.05, 4.69) is 10.2 Å². The molecule has 2 saturated carbocycles. The maximum atomic E-state index is 14.2. The molecule has 0 radical (unpaired) electrons. The average Bonchev–Trinajstić information content (AvgIpc) is 3.78. The molecule has 12 heteroatoms. The Balaban J connectivity index is 1.11. The van der Waals surface area contributed by atoms with E-state index in [1.165, 1.54) is 0 Å². The zero-order valence-corrected chi connectivity index (χ0v) is 28.8. The first kappa shape index (κ1) is 35.8. The number of carbonyl (C=O) groups is 3. The number of carbonyl (C=O) groups excluding carboxylic acids is 3. The molecule has 2 aromatic rings. The first-order valence-electron chi connectivity index (χ1n) is 18.3. The molecule has 3 N–H and O–H groups in total. The summed E-state index contributed by atoms with van der Waals surface area (Å²) in [5, 5.41) is 3.78. The van der Waals surface area contributed by atoms with Crippen molar-refractivity contribution in [1.82, 2.24) is 9.80 Å². The van der Waals surface area contributed by atoms with Gasteiger partial charge in [-0.05, 0) is 106 Å². The number of morpholine rings is 1. The van der Waals surface area contributed by atoms with Gasteiger partial charge >= 0.3 is 5.97 Å². The lowest BCUT2D eigenvalue weighted by molar-refractivity contribution is -0.142. The predicted octanol–water partition coefficient (Wildman–Crippen LogP) is 4.78. The fourth-order valence-electron chi connectivity index (χ4n) is 8.59. The summed E-state index contributed by atoms with van der Waals surface area (Å²) in [6, 6.07) is 5.88. The van der Waals surface area contributed by atoms with Gasteiger partial charge in [0.05, 0.1) is 25.9 Å². The van der Waals surface area contributed by atoms with Crippen LogP contribution in [0, 0.1) is 23.7 Å². The Morgan fingerprint density at radius 3 is 2.47 bits per heavy atom. The van der Waals surface area contributed by atoms with Crippen molar-refractivity contribution >= 4 is 34.4 Å². The number of fused-ring (bicyclic) bond motifs is 1. The number of furan rings is 1. The molecule has 2 aliphatic carbocycles. The van der Waals surface area contributed by atoms with Gasteiger partial charge in [-0.2, -0.15) is 0 Å². The van der Waals surface area contributed by atoms with Gasteiger partial charge in [-0.15, -0.1) is 0 Å². The van der Waals surface area contributed by atoms with Gasteiger partial charge in [0.15, 0.2) is 0 Å². The van der Waals surface area contributed by atoms with Crippen molar-refractivity contribution in [3.63, 3.8) is 0 Å². The first-order chi connectivity index (χ1) is 23.8. The van der Waals surface area contributed by atoms with Crippen LogP contribution in [0.25, 0.3) is 11.0 Å². The molecule has 49 heavy (non-hydrogen) atoms. The normalized spacial score (nSPS) is 28.8. The van der Waals surface area contributed by atoms with Gasteiger partial charge < -0.3 is 34.6 Å². The minimum absolute atomic E-state index is 0.0267. The summed E-state index contributed by atoms with van der Waals surface area (Å²) in [5.74, 6) is -0.268. The second-order valence-electron chi connectivity index (χ2n) is 14.4. The predicted molar refractivity (Wildman–Crippen MR) is 183 cm³/mol. The smallest absolute Gasteiger partial charge is 0.374 e. The Hall–Kier alpha value is -3.06. The van der Waals surface area contributed by atoms with E-state index in [1.807, 2.05) is 4.90 Å². The van der Waals surface area contributed by atoms with E-state index in [0.717, 1.165) is 84.2 Å². The maximum Gasteiger partial charge on any atom is 0.374 e. The number of nitrogens with zero attached hydrogens (tertiary/aromatic N) is 2. The molecule has 2 aliphatic heterocycles. The van der Waals surface area contributed by atoms with Crippen molar-refractivity contribution in [1.29, 1.82) is 0 Å². The number of esters is 1. The Bertz CT molecular complexity index is 1410. The number of alkyl halides is 1. The van der Waals surface area contributed by atoms with E-state index >= 15 is 0 Å². The van der Waals surface area contributed by atoms with Crippen LogP contribution in [0.15, 0.2) is 28.7 Å². The molecular weight excluding hydrogens is 631 g/mol. The van der Waals surface area contributed by atoms with Crippen LogP contribution in [-0.2, 0) is 23.8 Å². The summed E-state index contributed by atoms with van der Waals surface area (Å²) in [5.41, 5.74) is 7.08. The number of hydrogen-bond donors (Lipinski definition) is 2. The van der Waals surface area contributed by atoms with Crippen LogP contribution in [0.3, 0.4) is 0 Å². The van der Waals surface area contributed by atoms with Crippen LogP contribution in [0.5, 0.6) is 0 Å². The Labute approximate surface area is 288 Å². The molecule has 3 heterocycles. The van der Waals surface area contributed by atoms with E-state index < -0.39 is 24.7 Å². The van der Waals surface area contributed by atoms with Crippen LogP contribution < -0.4 is 11.1 Å². The highest BCUT2D eigenvalue weighted by molar-refractivity contribution is 6.00. The monoisotopic (exact) mass is 684 g/mol. The van der Waals surface area contributed by atoms with Crippen molar-refractivity contribution in [2.24, 2.45) is 29.4 Å². The highest BCUT2D eigenvalue weighted by atomic mass is 19.1. The van der Waals surface area contributed by atoms with E-state index in [9.17, 15) is 18.8 Å². The number of hydrogen-bond acceptors (Lipinski definition) is 9. The summed E-state index contributed by atoms with van der Waals surface area (Å²) in [4.78, 5) is 45.0. The van der Waals surface area contributed by atoms with Gasteiger partial charge in [-0.25, -0.2) is 9.18 Å². The molecule has 4 aliphatic rings. The van der Waals surface area contributed by atoms with Crippen molar-refractivity contribution in [3.05, 3.63) is 30.0 Å². The van der Waals surface area contributed by atoms with Crippen LogP contribution >= 0.6 is 0 Å². The molecule has 3 atom stereocenters. The number of methoxy groups -OCH3 is 1. The van der Waals surface area contributed by atoms with Gasteiger partial charge in [0, 0.05) is 56.3 Å². The van der Waals surface area contributed by atoms with Gasteiger partial charge in [0.1, 0.15) is 18.3 Å². The number of rotatable bonds is 12. The highest BCUT2D eigenvalue weighted by Crippen LogP contribution is 2.42. The fourth-order valence-corrected chi connectivity index (χ4v) is 8.59. The SMILES string of the molecule is COC1CCC([C@@H]2CCN(C(=O)[C@H]3CC[C@H]([C@H](N)CF)CC3)[C@@H]2C(=O)Nc2ccc3oc(C(=O)OCCCN4CCOCC4)cc3c2)CC1. The lowest BCUT2D eigenvalue weighted by Crippen LogP contribution is -2.50. The van der Waals surface area contributed by atoms with E-state index in [1.54, 1.807) is 31.4 Å². The minimum Gasteiger partial charge on any atom is -0.460 e. The van der Waals surface area contributed by atoms with Gasteiger partial charge in [0.25, 0.3) is 0 Å². The van der Waals surface area contributed by atoms with E-state index in [0.29, 0.717) is 48.6 Å². The molecule has 11 nitrogen and oxygen atoms in total. The van der Waals surface area contributed by atoms with Crippen molar-refractivity contribution in [2.75, 3.05) is 65.1 Å². The number of amides is 2. The Kier molecular flexibility index (Phi) is 12.2. The lowest BCUT2D eigenvalue weighted by atomic mass is 9.75. The maximum absolute atomic E-state index is 14.2. The third kappa shape index (κ3) is 8.64. The number of benzene rings is 1. The molecule has 2 saturated heterocycles. The Morgan fingerprint density at radius 1 is 1.00 bits per heavy atom. The van der Waals surface area contributed by atoms with E-state index in [-0.39, 0.29) is 41.4 Å². The number of halogens is 1. The molecule has 0 bridgehead atoms. The van der Waals surface area contributed by atoms with Crippen LogP contribution in [-0.4, -0.2) is 106 Å². The standard InChI is InChI=1S/C37H53FN4O7/c1-46-29-10-7-24(8-11-29)30-13-15-42(36(44)26-5-3-25(4-6-26)31(39)23-38)34(30)35(43)40-28-9-12-32-27(21-28)22-33(49-32)37(45)48-18-2-14-41-16-19-47-20-17-41/h9,12,21-22,24-26,29-31,34H,2-8,10-11,13-20,23,39H2,1H3,(H,40,43)/t24?,25-,26-,29?,30-,31+,34-/m0/s1. The molecule has 2 amide bonds. The lowest BCUT2D eigenvalue weighted by Gasteiger charge is -2.37. The summed E-state index contributed by atoms with van der Waals surface area (Å²) in [6.07, 6.45) is 8.39. The first-order valence-corrected chi connectivity index (χ1v) is 18.3. The summed E-state index contributed by atoms with van der Waals surface area (Å²) in [7, 11) is 1.75. The summed E-state index contributed by atoms with van der Waals surface area (Å²) >= 11 is 0. The second-order valence-corrected chi connectivity index (χ2v) is 14.4. The quantitative estimate of drug-likeness (QED) is 0.239. The number of anilines is 1. The van der Waals surface area contributed by atoms with Gasteiger partial charge in [0.2, 0.25) is 17.6 Å². The van der Waals surface area contributed by atoms with Crippen LogP contribution in [0.4, 0.5) is 10.1 Å². The van der Waals surface area contributed by atoms with Crippen LogP contribution in [0.2, 0.25) is 0 Å². The van der Waals surface area contributed by atoms with Crippen molar-refractivity contribution in [3.8, 4) is 0 Å². The number of likely N-dealkylation sites (tertiary alicyclic amines) is 1. The van der Waals surface area contributed by atoms with Crippen LogP contribution in [0.1, 0.15) is 74.8 Å². The molecular formula is C37H53FN4O7. The number of nitrogens with one attached hydrogen (secondary N) is 1.